The summed E-state index contributed by atoms with van der Waals surface area (Å²) in [6.07, 6.45) is 2.62. The highest BCUT2D eigenvalue weighted by molar-refractivity contribution is 7.89. The van der Waals surface area contributed by atoms with E-state index >= 15 is 0 Å². The number of ether oxygens (including phenoxy) is 3. The van der Waals surface area contributed by atoms with Gasteiger partial charge in [0.15, 0.2) is 12.4 Å². The monoisotopic (exact) mass is 584 g/mol. The van der Waals surface area contributed by atoms with Crippen LogP contribution in [-0.2, 0) is 36.3 Å². The maximum atomic E-state index is 13.7. The zero-order chi connectivity index (χ0) is 28.8. The standard InChI is InChI=1S/C31H40N2O7S/c1-20(2)19-33(41(36,37)25-10-8-23(9-11-25)31(35)13-14-31)15-12-24(16-21-6-4-3-5-7-21)32-30(34)40-28-26-17-22-18-27(28)39-29(22)38-26/h3-11,20,22,24,26-29,35H,12-19H2,1-2H3,(H,32,34)/t22?,24-,26+,27?,28?,29?/m1/s1. The highest BCUT2D eigenvalue weighted by atomic mass is 32.2. The molecule has 222 valence electrons. The van der Waals surface area contributed by atoms with Crippen molar-refractivity contribution < 1.29 is 32.5 Å². The van der Waals surface area contributed by atoms with Crippen LogP contribution in [-0.4, -0.2) is 67.7 Å². The third-order valence-electron chi connectivity index (χ3n) is 8.74. The fourth-order valence-corrected chi connectivity index (χ4v) is 8.02. The minimum Gasteiger partial charge on any atom is -0.441 e. The Balaban J connectivity index is 1.15. The molecule has 3 heterocycles. The smallest absolute Gasteiger partial charge is 0.407 e. The lowest BCUT2D eigenvalue weighted by Gasteiger charge is -2.34. The Morgan fingerprint density at radius 1 is 1.07 bits per heavy atom. The fraction of sp³-hybridized carbons (Fsp3) is 0.581. The van der Waals surface area contributed by atoms with Gasteiger partial charge in [-0.05, 0) is 67.7 Å². The van der Waals surface area contributed by atoms with E-state index in [0.29, 0.717) is 38.1 Å². The van der Waals surface area contributed by atoms with Crippen molar-refractivity contribution in [2.24, 2.45) is 11.8 Å². The lowest BCUT2D eigenvalue weighted by Crippen LogP contribution is -2.49. The second kappa shape index (κ2) is 11.3. The van der Waals surface area contributed by atoms with Crippen molar-refractivity contribution in [3.8, 4) is 0 Å². The molecule has 2 aliphatic carbocycles. The summed E-state index contributed by atoms with van der Waals surface area (Å²) in [7, 11) is -3.79. The van der Waals surface area contributed by atoms with Crippen LogP contribution in [0.5, 0.6) is 0 Å². The van der Waals surface area contributed by atoms with Crippen LogP contribution in [0.1, 0.15) is 57.1 Å². The Bertz CT molecular complexity index is 1300. The normalized spacial score (nSPS) is 28.3. The summed E-state index contributed by atoms with van der Waals surface area (Å²) in [6, 6.07) is 16.0. The van der Waals surface area contributed by atoms with Crippen LogP contribution in [0.4, 0.5) is 4.79 Å². The molecule has 6 atom stereocenters. The average molecular weight is 585 g/mol. The van der Waals surface area contributed by atoms with E-state index in [2.05, 4.69) is 5.32 Å². The van der Waals surface area contributed by atoms with Crippen LogP contribution in [0, 0.1) is 11.8 Å². The molecule has 3 aliphatic heterocycles. The summed E-state index contributed by atoms with van der Waals surface area (Å²) in [4.78, 5) is 13.3. The molecule has 0 spiro atoms. The minimum atomic E-state index is -3.79. The van der Waals surface area contributed by atoms with Crippen LogP contribution in [0.25, 0.3) is 0 Å². The van der Waals surface area contributed by atoms with Crippen LogP contribution >= 0.6 is 0 Å². The molecule has 7 rings (SSSR count). The number of nitrogens with zero attached hydrogens (tertiary/aromatic N) is 1. The number of sulfonamides is 1. The molecule has 5 aliphatic rings. The lowest BCUT2D eigenvalue weighted by molar-refractivity contribution is -0.229. The number of hydrogen-bond donors (Lipinski definition) is 2. The topological polar surface area (TPSA) is 114 Å². The van der Waals surface area contributed by atoms with E-state index in [1.165, 1.54) is 4.31 Å². The van der Waals surface area contributed by atoms with E-state index in [4.69, 9.17) is 14.2 Å². The SMILES string of the molecule is CC(C)CN(CC[C@H](Cc1ccccc1)NC(=O)OC1C2CC3C[C@@H]1OC3O2)S(=O)(=O)c1ccc(C2(O)CC2)cc1. The molecule has 5 fully saturated rings. The Kier molecular flexibility index (Phi) is 7.88. The molecule has 2 aromatic rings. The molecule has 2 saturated carbocycles. The van der Waals surface area contributed by atoms with Gasteiger partial charge in [-0.1, -0.05) is 56.3 Å². The Morgan fingerprint density at radius 3 is 2.32 bits per heavy atom. The van der Waals surface area contributed by atoms with Gasteiger partial charge in [0.05, 0.1) is 10.5 Å². The Morgan fingerprint density at radius 2 is 1.73 bits per heavy atom. The van der Waals surface area contributed by atoms with E-state index in [9.17, 15) is 18.3 Å². The van der Waals surface area contributed by atoms with E-state index in [-0.39, 0.29) is 41.9 Å². The minimum absolute atomic E-state index is 0.106. The molecule has 4 bridgehead atoms. The van der Waals surface area contributed by atoms with Gasteiger partial charge in [-0.25, -0.2) is 13.2 Å². The third-order valence-corrected chi connectivity index (χ3v) is 10.6. The highest BCUT2D eigenvalue weighted by Crippen LogP contribution is 2.48. The van der Waals surface area contributed by atoms with E-state index in [0.717, 1.165) is 24.0 Å². The molecule has 4 unspecified atom stereocenters. The Labute approximate surface area is 242 Å². The third kappa shape index (κ3) is 6.17. The van der Waals surface area contributed by atoms with Gasteiger partial charge in [0.2, 0.25) is 10.0 Å². The molecular weight excluding hydrogens is 544 g/mol. The van der Waals surface area contributed by atoms with Gasteiger partial charge in [-0.3, -0.25) is 0 Å². The second-order valence-electron chi connectivity index (χ2n) is 12.5. The van der Waals surface area contributed by atoms with Crippen LogP contribution in [0.15, 0.2) is 59.5 Å². The predicted molar refractivity (Wildman–Crippen MR) is 151 cm³/mol. The molecule has 0 aromatic heterocycles. The Hall–Kier alpha value is -2.50. The fourth-order valence-electron chi connectivity index (χ4n) is 6.40. The summed E-state index contributed by atoms with van der Waals surface area (Å²) < 4.78 is 46.6. The molecule has 9 nitrogen and oxygen atoms in total. The molecule has 2 aromatic carbocycles. The van der Waals surface area contributed by atoms with E-state index in [1.54, 1.807) is 24.3 Å². The lowest BCUT2D eigenvalue weighted by atomic mass is 9.88. The van der Waals surface area contributed by atoms with Gasteiger partial charge in [-0.2, -0.15) is 4.31 Å². The van der Waals surface area contributed by atoms with Gasteiger partial charge < -0.3 is 24.6 Å². The zero-order valence-electron chi connectivity index (χ0n) is 23.6. The van der Waals surface area contributed by atoms with Crippen molar-refractivity contribution in [3.05, 3.63) is 65.7 Å². The number of carbonyl (C=O) groups is 1. The zero-order valence-corrected chi connectivity index (χ0v) is 24.5. The van der Waals surface area contributed by atoms with Gasteiger partial charge in [0, 0.05) is 25.0 Å². The summed E-state index contributed by atoms with van der Waals surface area (Å²) in [6.45, 7) is 4.55. The van der Waals surface area contributed by atoms with Crippen molar-refractivity contribution in [1.82, 2.24) is 9.62 Å². The average Bonchev–Trinajstić information content (AvgIpc) is 3.48. The van der Waals surface area contributed by atoms with Crippen molar-refractivity contribution >= 4 is 16.1 Å². The van der Waals surface area contributed by atoms with Gasteiger partial charge in [-0.15, -0.1) is 0 Å². The number of carbonyl (C=O) groups excluding carboxylic acids is 1. The van der Waals surface area contributed by atoms with Gasteiger partial charge in [0.1, 0.15) is 12.2 Å². The second-order valence-corrected chi connectivity index (χ2v) is 14.4. The molecular formula is C31H40N2O7S. The largest absolute Gasteiger partial charge is 0.441 e. The predicted octanol–water partition coefficient (Wildman–Crippen LogP) is 3.94. The number of hydrogen-bond acceptors (Lipinski definition) is 7. The maximum Gasteiger partial charge on any atom is 0.407 e. The first-order valence-corrected chi connectivity index (χ1v) is 16.2. The maximum absolute atomic E-state index is 13.7. The molecule has 1 amide bonds. The highest BCUT2D eigenvalue weighted by Gasteiger charge is 2.57. The van der Waals surface area contributed by atoms with Crippen molar-refractivity contribution in [2.45, 2.75) is 93.5 Å². The van der Waals surface area contributed by atoms with E-state index < -0.39 is 27.8 Å². The van der Waals surface area contributed by atoms with Gasteiger partial charge in [0.25, 0.3) is 0 Å². The van der Waals surface area contributed by atoms with Crippen molar-refractivity contribution in [1.29, 1.82) is 0 Å². The molecule has 10 heteroatoms. The molecule has 2 N–H and O–H groups in total. The first kappa shape index (κ1) is 28.6. The summed E-state index contributed by atoms with van der Waals surface area (Å²) in [5.74, 6) is 0.497. The van der Waals surface area contributed by atoms with Crippen LogP contribution < -0.4 is 5.32 Å². The quantitative estimate of drug-likeness (QED) is 0.388. The van der Waals surface area contributed by atoms with Gasteiger partial charge >= 0.3 is 6.09 Å². The number of rotatable bonds is 12. The molecule has 0 radical (unpaired) electrons. The van der Waals surface area contributed by atoms with Crippen molar-refractivity contribution in [3.63, 3.8) is 0 Å². The number of nitrogens with one attached hydrogen (secondary N) is 1. The first-order valence-electron chi connectivity index (χ1n) is 14.8. The van der Waals surface area contributed by atoms with Crippen molar-refractivity contribution in [2.75, 3.05) is 13.1 Å². The summed E-state index contributed by atoms with van der Waals surface area (Å²) in [5.41, 5.74) is 0.965. The molecule has 3 saturated heterocycles. The number of aliphatic hydroxyl groups is 1. The van der Waals surface area contributed by atoms with Crippen LogP contribution in [0.2, 0.25) is 0 Å². The number of amides is 1. The summed E-state index contributed by atoms with van der Waals surface area (Å²) >= 11 is 0. The first-order chi connectivity index (χ1) is 19.6. The number of alkyl carbamates (subject to hydrolysis) is 1. The van der Waals surface area contributed by atoms with Crippen LogP contribution in [0.3, 0.4) is 0 Å². The summed E-state index contributed by atoms with van der Waals surface area (Å²) in [5, 5.41) is 13.4. The van der Waals surface area contributed by atoms with E-state index in [1.807, 2.05) is 44.2 Å². The number of benzene rings is 2. The molecule has 41 heavy (non-hydrogen) atoms.